The lowest BCUT2D eigenvalue weighted by Gasteiger charge is -2.37. The van der Waals surface area contributed by atoms with Gasteiger partial charge in [0.1, 0.15) is 11.6 Å². The Bertz CT molecular complexity index is 1440. The Morgan fingerprint density at radius 2 is 1.88 bits per heavy atom. The number of ether oxygens (including phenoxy) is 3. The Morgan fingerprint density at radius 1 is 1.02 bits per heavy atom. The van der Waals surface area contributed by atoms with Crippen LogP contribution in [0.2, 0.25) is 0 Å². The molecule has 1 aliphatic rings. The Morgan fingerprint density at radius 3 is 2.70 bits per heavy atom. The van der Waals surface area contributed by atoms with Gasteiger partial charge in [0, 0.05) is 55.3 Å². The molecule has 0 unspecified atom stereocenters. The van der Waals surface area contributed by atoms with Crippen LogP contribution < -0.4 is 19.5 Å². The Kier molecular flexibility index (Phi) is 8.86. The van der Waals surface area contributed by atoms with Crippen LogP contribution in [0.4, 0.5) is 4.39 Å². The van der Waals surface area contributed by atoms with Gasteiger partial charge in [-0.05, 0) is 54.3 Å². The van der Waals surface area contributed by atoms with Gasteiger partial charge in [-0.2, -0.15) is 0 Å². The van der Waals surface area contributed by atoms with Crippen LogP contribution in [0.25, 0.3) is 10.9 Å². The van der Waals surface area contributed by atoms with Gasteiger partial charge in [-0.15, -0.1) is 0 Å². The van der Waals surface area contributed by atoms with Gasteiger partial charge in [0.15, 0.2) is 11.5 Å². The average Bonchev–Trinajstić information content (AvgIpc) is 3.39. The van der Waals surface area contributed by atoms with Crippen molar-refractivity contribution in [2.45, 2.75) is 19.4 Å². The number of methoxy groups -OCH3 is 2. The highest BCUT2D eigenvalue weighted by Crippen LogP contribution is 2.30. The summed E-state index contributed by atoms with van der Waals surface area (Å²) in [5.41, 5.74) is 3.36. The maximum absolute atomic E-state index is 13.7. The molecule has 3 aromatic carbocycles. The highest BCUT2D eigenvalue weighted by atomic mass is 19.1. The summed E-state index contributed by atoms with van der Waals surface area (Å²) >= 11 is 0. The van der Waals surface area contributed by atoms with E-state index in [0.29, 0.717) is 49.9 Å². The second kappa shape index (κ2) is 12.9. The molecule has 0 saturated carbocycles. The lowest BCUT2D eigenvalue weighted by molar-refractivity contribution is -0.127. The number of H-pyrrole nitrogens is 1. The van der Waals surface area contributed by atoms with Gasteiger partial charge in [0.2, 0.25) is 5.91 Å². The number of benzene rings is 3. The van der Waals surface area contributed by atoms with Gasteiger partial charge < -0.3 is 24.5 Å². The molecule has 4 aromatic rings. The van der Waals surface area contributed by atoms with Crippen molar-refractivity contribution in [1.82, 2.24) is 15.2 Å². The van der Waals surface area contributed by atoms with Gasteiger partial charge in [-0.3, -0.25) is 9.69 Å². The van der Waals surface area contributed by atoms with Gasteiger partial charge >= 0.3 is 0 Å². The summed E-state index contributed by atoms with van der Waals surface area (Å²) in [6.45, 7) is 3.05. The first kappa shape index (κ1) is 27.5. The number of carbonyl (C=O) groups excluding carboxylic acids is 1. The molecule has 7 nitrogen and oxygen atoms in total. The first-order valence-corrected chi connectivity index (χ1v) is 13.7. The molecular formula is C32H36FN3O4. The molecule has 0 bridgehead atoms. The van der Waals surface area contributed by atoms with E-state index in [1.807, 2.05) is 36.5 Å². The zero-order valence-corrected chi connectivity index (χ0v) is 23.0. The number of amides is 1. The molecule has 5 rings (SSSR count). The lowest BCUT2D eigenvalue weighted by Crippen LogP contribution is -2.47. The van der Waals surface area contributed by atoms with Crippen molar-refractivity contribution in [3.05, 3.63) is 89.9 Å². The molecule has 0 spiro atoms. The number of halogens is 1. The van der Waals surface area contributed by atoms with Gasteiger partial charge in [0.05, 0.1) is 26.7 Å². The summed E-state index contributed by atoms with van der Waals surface area (Å²) in [6.07, 6.45) is 3.47. The Hall–Kier alpha value is -4.04. The summed E-state index contributed by atoms with van der Waals surface area (Å²) in [4.78, 5) is 18.9. The van der Waals surface area contributed by atoms with Crippen LogP contribution in [0.1, 0.15) is 17.5 Å². The van der Waals surface area contributed by atoms with E-state index < -0.39 is 0 Å². The Balaban J connectivity index is 1.24. The summed E-state index contributed by atoms with van der Waals surface area (Å²) in [5, 5.41) is 4.35. The largest absolute Gasteiger partial charge is 0.493 e. The van der Waals surface area contributed by atoms with E-state index in [9.17, 15) is 9.18 Å². The number of fused-ring (bicyclic) bond motifs is 1. The lowest BCUT2D eigenvalue weighted by atomic mass is 9.88. The number of hydrogen-bond acceptors (Lipinski definition) is 5. The van der Waals surface area contributed by atoms with E-state index in [4.69, 9.17) is 14.2 Å². The first-order chi connectivity index (χ1) is 19.5. The third-order valence-electron chi connectivity index (χ3n) is 7.49. The summed E-state index contributed by atoms with van der Waals surface area (Å²) < 4.78 is 30.5. The van der Waals surface area contributed by atoms with Crippen LogP contribution in [-0.2, 0) is 17.8 Å². The molecule has 1 fully saturated rings. The van der Waals surface area contributed by atoms with E-state index in [0.717, 1.165) is 24.0 Å². The zero-order chi connectivity index (χ0) is 27.9. The van der Waals surface area contributed by atoms with E-state index in [1.165, 1.54) is 23.1 Å². The normalized spacial score (nSPS) is 17.5. The number of nitrogens with zero attached hydrogens (tertiary/aromatic N) is 1. The average molecular weight is 546 g/mol. The van der Waals surface area contributed by atoms with Crippen LogP contribution in [0.15, 0.2) is 72.9 Å². The molecule has 8 heteroatoms. The highest BCUT2D eigenvalue weighted by molar-refractivity contribution is 5.83. The van der Waals surface area contributed by atoms with Gasteiger partial charge in [-0.1, -0.05) is 30.3 Å². The van der Waals surface area contributed by atoms with Crippen molar-refractivity contribution in [3.63, 3.8) is 0 Å². The van der Waals surface area contributed by atoms with E-state index in [2.05, 4.69) is 27.3 Å². The fraction of sp³-hybridized carbons (Fsp3) is 0.344. The van der Waals surface area contributed by atoms with Crippen LogP contribution in [0.5, 0.6) is 17.2 Å². The third kappa shape index (κ3) is 6.74. The van der Waals surface area contributed by atoms with Crippen LogP contribution in [-0.4, -0.2) is 56.3 Å². The minimum atomic E-state index is -0.330. The van der Waals surface area contributed by atoms with Crippen LogP contribution >= 0.6 is 0 Å². The molecule has 210 valence electrons. The summed E-state index contributed by atoms with van der Waals surface area (Å²) in [6, 6.07) is 20.3. The molecule has 1 amide bonds. The predicted molar refractivity (Wildman–Crippen MR) is 153 cm³/mol. The van der Waals surface area contributed by atoms with Crippen molar-refractivity contribution in [3.8, 4) is 17.2 Å². The van der Waals surface area contributed by atoms with Crippen LogP contribution in [0.3, 0.4) is 0 Å². The van der Waals surface area contributed by atoms with Crippen molar-refractivity contribution in [2.75, 3.05) is 40.5 Å². The maximum Gasteiger partial charge on any atom is 0.224 e. The second-order valence-corrected chi connectivity index (χ2v) is 10.4. The van der Waals surface area contributed by atoms with Crippen molar-refractivity contribution >= 4 is 16.8 Å². The van der Waals surface area contributed by atoms with Gasteiger partial charge in [-0.25, -0.2) is 4.39 Å². The number of hydrogen-bond donors (Lipinski definition) is 2. The quantitative estimate of drug-likeness (QED) is 0.271. The Labute approximate surface area is 234 Å². The fourth-order valence-corrected chi connectivity index (χ4v) is 5.55. The molecule has 0 radical (unpaired) electrons. The molecule has 1 saturated heterocycles. The fourth-order valence-electron chi connectivity index (χ4n) is 5.55. The predicted octanol–water partition coefficient (Wildman–Crippen LogP) is 5.20. The number of rotatable bonds is 11. The number of carbonyl (C=O) groups is 1. The second-order valence-electron chi connectivity index (χ2n) is 10.4. The number of likely N-dealkylation sites (tertiary alicyclic amines) is 1. The smallest absolute Gasteiger partial charge is 0.224 e. The first-order valence-electron chi connectivity index (χ1n) is 13.7. The van der Waals surface area contributed by atoms with E-state index in [-0.39, 0.29) is 23.6 Å². The topological polar surface area (TPSA) is 75.8 Å². The highest BCUT2D eigenvalue weighted by Gasteiger charge is 2.32. The molecule has 1 aromatic heterocycles. The number of para-hydroxylation sites is 1. The van der Waals surface area contributed by atoms with E-state index in [1.54, 1.807) is 26.4 Å². The van der Waals surface area contributed by atoms with Crippen molar-refractivity contribution in [1.29, 1.82) is 0 Å². The number of aromatic amines is 1. The summed E-state index contributed by atoms with van der Waals surface area (Å²) in [5.74, 6) is 1.50. The monoisotopic (exact) mass is 545 g/mol. The maximum atomic E-state index is 13.7. The molecule has 0 aliphatic carbocycles. The number of piperidine rings is 1. The summed E-state index contributed by atoms with van der Waals surface area (Å²) in [7, 11) is 3.24. The molecule has 1 aliphatic heterocycles. The standard InChI is InChI=1S/C32H36FN3O4/c1-38-30-11-10-22(15-31(30)39-2)18-36-19-23(21-40-27-7-5-6-26(33)16-27)14-25(20-36)32(37)34-13-12-24-17-35-29-9-4-3-8-28(24)29/h3-11,15-17,23,25,35H,12-14,18-21H2,1-2H3,(H,34,37)/t23-,25+/m0/s1. The minimum Gasteiger partial charge on any atom is -0.493 e. The SMILES string of the molecule is COc1ccc(CN2C[C@@H](COc3cccc(F)c3)C[C@@H](C(=O)NCCc3c[nH]c4ccccc34)C2)cc1OC. The molecule has 2 N–H and O–H groups in total. The molecule has 2 atom stereocenters. The molecular weight excluding hydrogens is 509 g/mol. The number of nitrogens with one attached hydrogen (secondary N) is 2. The van der Waals surface area contributed by atoms with Gasteiger partial charge in [0.25, 0.3) is 0 Å². The van der Waals surface area contributed by atoms with Crippen molar-refractivity contribution in [2.24, 2.45) is 11.8 Å². The zero-order valence-electron chi connectivity index (χ0n) is 23.0. The minimum absolute atomic E-state index is 0.0487. The van der Waals surface area contributed by atoms with Crippen molar-refractivity contribution < 1.29 is 23.4 Å². The molecule has 40 heavy (non-hydrogen) atoms. The molecule has 2 heterocycles. The number of aromatic nitrogens is 1. The third-order valence-corrected chi connectivity index (χ3v) is 7.49. The van der Waals surface area contributed by atoms with Crippen LogP contribution in [0, 0.1) is 17.7 Å². The van der Waals surface area contributed by atoms with E-state index >= 15 is 0 Å².